The van der Waals surface area contributed by atoms with Gasteiger partial charge in [-0.3, -0.25) is 4.79 Å². The summed E-state index contributed by atoms with van der Waals surface area (Å²) in [6.45, 7) is 1.89. The normalized spacial score (nSPS) is 21.9. The van der Waals surface area contributed by atoms with Crippen molar-refractivity contribution in [3.63, 3.8) is 0 Å². The lowest BCUT2D eigenvalue weighted by Gasteiger charge is -2.31. The molecule has 6 heteroatoms. The van der Waals surface area contributed by atoms with Gasteiger partial charge in [0.1, 0.15) is 17.9 Å². The molecule has 1 aliphatic rings. The number of hydrogen-bond donors (Lipinski definition) is 0. The SMILES string of the molecule is CC1Oc2c(Br)cc(Br)cc2C(=O)C1n1ccnc1. The number of ether oxygens (including phenoxy) is 1. The maximum Gasteiger partial charge on any atom is 0.193 e. The van der Waals surface area contributed by atoms with Gasteiger partial charge in [0.25, 0.3) is 0 Å². The second-order valence-corrected chi connectivity index (χ2v) is 6.18. The molecule has 0 N–H and O–H groups in total. The van der Waals surface area contributed by atoms with E-state index in [1.54, 1.807) is 29.4 Å². The Kier molecular flexibility index (Phi) is 3.22. The van der Waals surface area contributed by atoms with E-state index < -0.39 is 0 Å². The molecular weight excluding hydrogens is 376 g/mol. The highest BCUT2D eigenvalue weighted by atomic mass is 79.9. The number of imidazole rings is 1. The Morgan fingerprint density at radius 2 is 2.16 bits per heavy atom. The zero-order valence-corrected chi connectivity index (χ0v) is 13.2. The topological polar surface area (TPSA) is 44.1 Å². The van der Waals surface area contributed by atoms with E-state index in [1.165, 1.54) is 0 Å². The van der Waals surface area contributed by atoms with Crippen molar-refractivity contribution in [2.75, 3.05) is 0 Å². The number of halogens is 2. The van der Waals surface area contributed by atoms with E-state index in [1.807, 2.05) is 13.0 Å². The van der Waals surface area contributed by atoms with Crippen molar-refractivity contribution in [1.82, 2.24) is 9.55 Å². The number of aromatic nitrogens is 2. The fourth-order valence-electron chi connectivity index (χ4n) is 2.30. The van der Waals surface area contributed by atoms with E-state index in [2.05, 4.69) is 36.8 Å². The number of carbonyl (C=O) groups is 1. The van der Waals surface area contributed by atoms with Crippen LogP contribution in [0.5, 0.6) is 5.75 Å². The molecule has 1 aliphatic heterocycles. The van der Waals surface area contributed by atoms with Gasteiger partial charge < -0.3 is 9.30 Å². The van der Waals surface area contributed by atoms with Crippen molar-refractivity contribution in [2.45, 2.75) is 19.1 Å². The first-order chi connectivity index (χ1) is 9.08. The summed E-state index contributed by atoms with van der Waals surface area (Å²) in [6.07, 6.45) is 4.83. The predicted molar refractivity (Wildman–Crippen MR) is 77.5 cm³/mol. The molecule has 0 spiro atoms. The molecule has 0 aliphatic carbocycles. The van der Waals surface area contributed by atoms with E-state index in [-0.39, 0.29) is 17.9 Å². The third-order valence-corrected chi connectivity index (χ3v) is 4.18. The van der Waals surface area contributed by atoms with Crippen LogP contribution < -0.4 is 4.74 Å². The van der Waals surface area contributed by atoms with E-state index >= 15 is 0 Å². The molecule has 0 amide bonds. The molecule has 0 radical (unpaired) electrons. The number of ketones is 1. The minimum absolute atomic E-state index is 0.0359. The largest absolute Gasteiger partial charge is 0.486 e. The Morgan fingerprint density at radius 3 is 2.84 bits per heavy atom. The molecule has 2 aromatic rings. The van der Waals surface area contributed by atoms with Gasteiger partial charge in [0, 0.05) is 16.9 Å². The molecule has 0 saturated heterocycles. The molecule has 0 fully saturated rings. The fourth-order valence-corrected chi connectivity index (χ4v) is 3.62. The molecule has 2 unspecified atom stereocenters. The summed E-state index contributed by atoms with van der Waals surface area (Å²) in [5.41, 5.74) is 0.582. The molecule has 4 nitrogen and oxygen atoms in total. The summed E-state index contributed by atoms with van der Waals surface area (Å²) in [4.78, 5) is 16.7. The molecule has 2 atom stereocenters. The Morgan fingerprint density at radius 1 is 1.37 bits per heavy atom. The first-order valence-electron chi connectivity index (χ1n) is 5.75. The van der Waals surface area contributed by atoms with Gasteiger partial charge in [0.05, 0.1) is 16.4 Å². The van der Waals surface area contributed by atoms with Crippen LogP contribution >= 0.6 is 31.9 Å². The van der Waals surface area contributed by atoms with Crippen LogP contribution in [0.15, 0.2) is 39.8 Å². The number of nitrogens with zero attached hydrogens (tertiary/aromatic N) is 2. The number of fused-ring (bicyclic) bond motifs is 1. The predicted octanol–water partition coefficient (Wildman–Crippen LogP) is 3.61. The lowest BCUT2D eigenvalue weighted by Crippen LogP contribution is -2.37. The first kappa shape index (κ1) is 12.9. The molecule has 98 valence electrons. The zero-order valence-electron chi connectivity index (χ0n) is 10.0. The highest BCUT2D eigenvalue weighted by Gasteiger charge is 2.36. The van der Waals surface area contributed by atoms with Crippen molar-refractivity contribution in [3.8, 4) is 5.75 Å². The van der Waals surface area contributed by atoms with Crippen LogP contribution in [0.25, 0.3) is 0 Å². The lowest BCUT2D eigenvalue weighted by molar-refractivity contribution is 0.0715. The Labute approximate surface area is 127 Å². The second-order valence-electron chi connectivity index (χ2n) is 4.41. The molecule has 2 heterocycles. The van der Waals surface area contributed by atoms with Gasteiger partial charge >= 0.3 is 0 Å². The number of hydrogen-bond acceptors (Lipinski definition) is 3. The zero-order chi connectivity index (χ0) is 13.6. The number of Topliss-reactive ketones (excluding diaryl/α,β-unsaturated/α-hetero) is 1. The van der Waals surface area contributed by atoms with Crippen LogP contribution in [0.1, 0.15) is 23.3 Å². The molecular formula is C13H10Br2N2O2. The van der Waals surface area contributed by atoms with E-state index in [4.69, 9.17) is 4.74 Å². The second kappa shape index (κ2) is 4.76. The van der Waals surface area contributed by atoms with Crippen LogP contribution in [-0.2, 0) is 0 Å². The minimum Gasteiger partial charge on any atom is -0.486 e. The van der Waals surface area contributed by atoms with E-state index in [0.717, 1.165) is 8.95 Å². The number of carbonyl (C=O) groups excluding carboxylic acids is 1. The summed E-state index contributed by atoms with van der Waals surface area (Å²) in [7, 11) is 0. The van der Waals surface area contributed by atoms with Gasteiger partial charge in [-0.15, -0.1) is 0 Å². The molecule has 19 heavy (non-hydrogen) atoms. The fraction of sp³-hybridized carbons (Fsp3) is 0.231. The van der Waals surface area contributed by atoms with Gasteiger partial charge in [-0.25, -0.2) is 4.98 Å². The van der Waals surface area contributed by atoms with Gasteiger partial charge in [0.15, 0.2) is 5.78 Å². The Balaban J connectivity index is 2.12. The van der Waals surface area contributed by atoms with Crippen molar-refractivity contribution in [1.29, 1.82) is 0 Å². The van der Waals surface area contributed by atoms with E-state index in [9.17, 15) is 4.79 Å². The van der Waals surface area contributed by atoms with Gasteiger partial charge in [-0.2, -0.15) is 0 Å². The summed E-state index contributed by atoms with van der Waals surface area (Å²) < 4.78 is 9.29. The third kappa shape index (κ3) is 2.12. The quantitative estimate of drug-likeness (QED) is 0.753. The van der Waals surface area contributed by atoms with Crippen LogP contribution in [-0.4, -0.2) is 21.4 Å². The van der Waals surface area contributed by atoms with E-state index in [0.29, 0.717) is 11.3 Å². The average molecular weight is 386 g/mol. The number of benzene rings is 1. The van der Waals surface area contributed by atoms with Gasteiger partial charge in [0.2, 0.25) is 0 Å². The Hall–Kier alpha value is -1.14. The van der Waals surface area contributed by atoms with Crippen LogP contribution in [0, 0.1) is 0 Å². The molecule has 3 rings (SSSR count). The average Bonchev–Trinajstić information content (AvgIpc) is 2.85. The van der Waals surface area contributed by atoms with Gasteiger partial charge in [-0.1, -0.05) is 15.9 Å². The van der Waals surface area contributed by atoms with Crippen molar-refractivity contribution in [2.24, 2.45) is 0 Å². The highest BCUT2D eigenvalue weighted by molar-refractivity contribution is 9.11. The summed E-state index contributed by atoms with van der Waals surface area (Å²) in [5, 5.41) is 0. The molecule has 0 saturated carbocycles. The summed E-state index contributed by atoms with van der Waals surface area (Å²) in [5.74, 6) is 0.644. The molecule has 1 aromatic heterocycles. The Bertz CT molecular complexity index is 640. The highest BCUT2D eigenvalue weighted by Crippen LogP contribution is 2.40. The molecule has 1 aromatic carbocycles. The minimum atomic E-state index is -0.379. The van der Waals surface area contributed by atoms with Gasteiger partial charge in [-0.05, 0) is 35.0 Å². The van der Waals surface area contributed by atoms with Crippen molar-refractivity contribution < 1.29 is 9.53 Å². The summed E-state index contributed by atoms with van der Waals surface area (Å²) >= 11 is 6.83. The van der Waals surface area contributed by atoms with Crippen LogP contribution in [0.4, 0.5) is 0 Å². The third-order valence-electron chi connectivity index (χ3n) is 3.14. The van der Waals surface area contributed by atoms with Crippen molar-refractivity contribution in [3.05, 3.63) is 45.4 Å². The summed E-state index contributed by atoms with van der Waals surface area (Å²) in [6, 6.07) is 3.28. The maximum absolute atomic E-state index is 12.7. The first-order valence-corrected chi connectivity index (χ1v) is 7.34. The monoisotopic (exact) mass is 384 g/mol. The lowest BCUT2D eigenvalue weighted by atomic mass is 9.96. The van der Waals surface area contributed by atoms with Crippen LogP contribution in [0.3, 0.4) is 0 Å². The molecule has 0 bridgehead atoms. The standard InChI is InChI=1S/C13H10Br2N2O2/c1-7-11(17-3-2-16-6-17)12(18)9-4-8(14)5-10(15)13(9)19-7/h2-7,11H,1H3. The van der Waals surface area contributed by atoms with Crippen LogP contribution in [0.2, 0.25) is 0 Å². The maximum atomic E-state index is 12.7. The smallest absolute Gasteiger partial charge is 0.193 e. The number of rotatable bonds is 1. The van der Waals surface area contributed by atoms with Crippen molar-refractivity contribution >= 4 is 37.6 Å².